The number of hydrogen-bond donors (Lipinski definition) is 0. The maximum Gasteiger partial charge on any atom is 0.152 e. The highest BCUT2D eigenvalue weighted by molar-refractivity contribution is 5.93. The number of ether oxygens (including phenoxy) is 1. The summed E-state index contributed by atoms with van der Waals surface area (Å²) in [4.78, 5) is 4.41. The minimum absolute atomic E-state index is 0.0439. The second-order valence-corrected chi connectivity index (χ2v) is 3.95. The summed E-state index contributed by atoms with van der Waals surface area (Å²) in [6.45, 7) is 8.44. The zero-order valence-corrected chi connectivity index (χ0v) is 8.95. The van der Waals surface area contributed by atoms with Gasteiger partial charge in [-0.2, -0.15) is 0 Å². The molecule has 0 N–H and O–H groups in total. The van der Waals surface area contributed by atoms with Crippen LogP contribution in [0.1, 0.15) is 34.1 Å². The first-order chi connectivity index (χ1) is 6.09. The molecule has 0 aliphatic carbocycles. The minimum Gasteiger partial charge on any atom is -0.353 e. The summed E-state index contributed by atoms with van der Waals surface area (Å²) in [6, 6.07) is 0. The van der Waals surface area contributed by atoms with Gasteiger partial charge in [-0.15, -0.1) is 0 Å². The Morgan fingerprint density at radius 3 is 2.69 bits per heavy atom. The molecule has 0 fully saturated rings. The van der Waals surface area contributed by atoms with Gasteiger partial charge < -0.3 is 4.74 Å². The molecule has 1 aliphatic heterocycles. The summed E-state index contributed by atoms with van der Waals surface area (Å²) in [5.74, 6) is 0.557. The van der Waals surface area contributed by atoms with Crippen molar-refractivity contribution in [1.29, 1.82) is 0 Å². The molecule has 74 valence electrons. The summed E-state index contributed by atoms with van der Waals surface area (Å²) < 4.78 is 5.78. The predicted octanol–water partition coefficient (Wildman–Crippen LogP) is 2.79. The van der Waals surface area contributed by atoms with E-state index >= 15 is 0 Å². The van der Waals surface area contributed by atoms with Gasteiger partial charge in [-0.05, 0) is 25.8 Å². The molecule has 1 rings (SSSR count). The molecular formula is C11H19NO. The molecule has 2 unspecified atom stereocenters. The topological polar surface area (TPSA) is 21.6 Å². The van der Waals surface area contributed by atoms with Gasteiger partial charge in [0.25, 0.3) is 0 Å². The third kappa shape index (κ3) is 3.31. The molecule has 0 aromatic rings. The highest BCUT2D eigenvalue weighted by Crippen LogP contribution is 2.14. The number of nitrogens with zero attached hydrogens (tertiary/aromatic N) is 1. The van der Waals surface area contributed by atoms with Crippen molar-refractivity contribution in [1.82, 2.24) is 0 Å². The van der Waals surface area contributed by atoms with Gasteiger partial charge in [0.2, 0.25) is 0 Å². The zero-order valence-electron chi connectivity index (χ0n) is 8.95. The molecule has 0 spiro atoms. The lowest BCUT2D eigenvalue weighted by Gasteiger charge is -2.23. The third-order valence-electron chi connectivity index (χ3n) is 2.35. The molecule has 2 atom stereocenters. The Bertz CT molecular complexity index is 218. The van der Waals surface area contributed by atoms with Gasteiger partial charge in [0.15, 0.2) is 6.23 Å². The fourth-order valence-corrected chi connectivity index (χ4v) is 1.17. The Kier molecular flexibility index (Phi) is 3.67. The lowest BCUT2D eigenvalue weighted by Crippen LogP contribution is -2.24. The van der Waals surface area contributed by atoms with Crippen LogP contribution in [0.25, 0.3) is 0 Å². The molecule has 2 nitrogen and oxygen atoms in total. The molecule has 2 heteroatoms. The molecule has 1 heterocycles. The highest BCUT2D eigenvalue weighted by Gasteiger charge is 2.15. The monoisotopic (exact) mass is 181 g/mol. The molecule has 0 amide bonds. The van der Waals surface area contributed by atoms with E-state index in [1.165, 1.54) is 0 Å². The quantitative estimate of drug-likeness (QED) is 0.656. The number of rotatable bonds is 3. The summed E-state index contributed by atoms with van der Waals surface area (Å²) >= 11 is 0. The van der Waals surface area contributed by atoms with Crippen molar-refractivity contribution in [3.8, 4) is 0 Å². The van der Waals surface area contributed by atoms with E-state index in [1.807, 2.05) is 13.0 Å². The number of dihydropyridines is 1. The lowest BCUT2D eigenvalue weighted by molar-refractivity contribution is -0.0192. The van der Waals surface area contributed by atoms with Crippen LogP contribution >= 0.6 is 0 Å². The summed E-state index contributed by atoms with van der Waals surface area (Å²) in [5.41, 5.74) is 1.06. The Morgan fingerprint density at radius 1 is 1.46 bits per heavy atom. The van der Waals surface area contributed by atoms with E-state index in [2.05, 4.69) is 31.8 Å². The molecule has 0 bridgehead atoms. The van der Waals surface area contributed by atoms with Crippen molar-refractivity contribution in [3.05, 3.63) is 12.2 Å². The van der Waals surface area contributed by atoms with Crippen LogP contribution in [0, 0.1) is 5.92 Å². The Labute approximate surface area is 80.7 Å². The first kappa shape index (κ1) is 10.5. The number of hydrogen-bond acceptors (Lipinski definition) is 2. The van der Waals surface area contributed by atoms with Crippen molar-refractivity contribution in [2.45, 2.75) is 46.4 Å². The van der Waals surface area contributed by atoms with Crippen molar-refractivity contribution in [2.75, 3.05) is 0 Å². The van der Waals surface area contributed by atoms with Gasteiger partial charge in [0.05, 0.1) is 6.10 Å². The molecule has 0 radical (unpaired) electrons. The third-order valence-corrected chi connectivity index (χ3v) is 2.35. The van der Waals surface area contributed by atoms with E-state index in [0.29, 0.717) is 5.92 Å². The van der Waals surface area contributed by atoms with Gasteiger partial charge >= 0.3 is 0 Å². The molecule has 0 saturated carbocycles. The fraction of sp³-hybridized carbons (Fsp3) is 0.727. The SMILES string of the molecule is CC1=NC(OC(C)C(C)C)CC=C1. The predicted molar refractivity (Wildman–Crippen MR) is 56.0 cm³/mol. The van der Waals surface area contributed by atoms with Crippen LogP contribution in [0.3, 0.4) is 0 Å². The van der Waals surface area contributed by atoms with Crippen LogP contribution in [0.15, 0.2) is 17.1 Å². The summed E-state index contributed by atoms with van der Waals surface area (Å²) in [7, 11) is 0. The van der Waals surface area contributed by atoms with Crippen molar-refractivity contribution < 1.29 is 4.74 Å². The Balaban J connectivity index is 2.42. The maximum atomic E-state index is 5.78. The standard InChI is InChI=1S/C11H19NO/c1-8(2)10(4)13-11-7-5-6-9(3)12-11/h5-6,8,10-11H,7H2,1-4H3. The van der Waals surface area contributed by atoms with E-state index in [4.69, 9.17) is 4.74 Å². The van der Waals surface area contributed by atoms with Crippen LogP contribution in [0.4, 0.5) is 0 Å². The zero-order chi connectivity index (χ0) is 9.84. The van der Waals surface area contributed by atoms with Crippen LogP contribution < -0.4 is 0 Å². The van der Waals surface area contributed by atoms with Crippen molar-refractivity contribution in [2.24, 2.45) is 10.9 Å². The van der Waals surface area contributed by atoms with Gasteiger partial charge in [-0.25, -0.2) is 0 Å². The van der Waals surface area contributed by atoms with Crippen molar-refractivity contribution in [3.63, 3.8) is 0 Å². The molecule has 0 saturated heterocycles. The first-order valence-corrected chi connectivity index (χ1v) is 4.96. The molecular weight excluding hydrogens is 162 g/mol. The van der Waals surface area contributed by atoms with E-state index < -0.39 is 0 Å². The second-order valence-electron chi connectivity index (χ2n) is 3.95. The van der Waals surface area contributed by atoms with Gasteiger partial charge in [0, 0.05) is 12.1 Å². The molecule has 0 aromatic carbocycles. The highest BCUT2D eigenvalue weighted by atomic mass is 16.5. The maximum absolute atomic E-state index is 5.78. The van der Waals surface area contributed by atoms with Gasteiger partial charge in [-0.1, -0.05) is 19.9 Å². The van der Waals surface area contributed by atoms with Gasteiger partial charge in [0.1, 0.15) is 0 Å². The van der Waals surface area contributed by atoms with Crippen LogP contribution in [0.2, 0.25) is 0 Å². The van der Waals surface area contributed by atoms with E-state index in [-0.39, 0.29) is 12.3 Å². The smallest absolute Gasteiger partial charge is 0.152 e. The number of aliphatic imine (C=N–C) groups is 1. The number of allylic oxidation sites excluding steroid dienone is 1. The summed E-state index contributed by atoms with van der Waals surface area (Å²) in [5, 5.41) is 0. The van der Waals surface area contributed by atoms with Crippen LogP contribution in [-0.2, 0) is 4.74 Å². The normalized spacial score (nSPS) is 24.7. The summed E-state index contributed by atoms with van der Waals surface area (Å²) in [6.07, 6.45) is 5.41. The molecule has 1 aliphatic rings. The van der Waals surface area contributed by atoms with E-state index in [9.17, 15) is 0 Å². The van der Waals surface area contributed by atoms with E-state index in [1.54, 1.807) is 0 Å². The second kappa shape index (κ2) is 4.56. The molecule has 0 aromatic heterocycles. The van der Waals surface area contributed by atoms with Gasteiger partial charge in [-0.3, -0.25) is 4.99 Å². The first-order valence-electron chi connectivity index (χ1n) is 4.96. The Hall–Kier alpha value is -0.630. The fourth-order valence-electron chi connectivity index (χ4n) is 1.17. The van der Waals surface area contributed by atoms with Crippen molar-refractivity contribution >= 4 is 5.71 Å². The van der Waals surface area contributed by atoms with Crippen LogP contribution in [-0.4, -0.2) is 18.0 Å². The van der Waals surface area contributed by atoms with Crippen LogP contribution in [0.5, 0.6) is 0 Å². The minimum atomic E-state index is 0.0439. The molecule has 13 heavy (non-hydrogen) atoms. The Morgan fingerprint density at radius 2 is 2.15 bits per heavy atom. The average molecular weight is 181 g/mol. The lowest BCUT2D eigenvalue weighted by atomic mass is 10.1. The largest absolute Gasteiger partial charge is 0.353 e. The van der Waals surface area contributed by atoms with E-state index in [0.717, 1.165) is 12.1 Å². The average Bonchev–Trinajstić information content (AvgIpc) is 2.04.